The number of primary sulfonamides is 1. The van der Waals surface area contributed by atoms with Gasteiger partial charge in [-0.3, -0.25) is 9.48 Å². The van der Waals surface area contributed by atoms with E-state index in [4.69, 9.17) is 5.14 Å². The van der Waals surface area contributed by atoms with E-state index in [2.05, 4.69) is 31.4 Å². The Balaban J connectivity index is 1.62. The van der Waals surface area contributed by atoms with Crippen molar-refractivity contribution in [2.45, 2.75) is 32.0 Å². The second kappa shape index (κ2) is 7.86. The molecule has 2 heterocycles. The molecule has 11 heteroatoms. The van der Waals surface area contributed by atoms with Crippen LogP contribution in [0.3, 0.4) is 0 Å². The molecule has 3 rings (SSSR count). The highest BCUT2D eigenvalue weighted by Gasteiger charge is 2.13. The molecule has 0 aliphatic carbocycles. The van der Waals surface area contributed by atoms with Crippen molar-refractivity contribution < 1.29 is 13.2 Å². The van der Waals surface area contributed by atoms with Gasteiger partial charge in [-0.25, -0.2) is 18.2 Å². The zero-order valence-electron chi connectivity index (χ0n) is 15.3. The van der Waals surface area contributed by atoms with Crippen molar-refractivity contribution in [1.82, 2.24) is 24.9 Å². The summed E-state index contributed by atoms with van der Waals surface area (Å²) in [7, 11) is -3.73. The average molecular weight is 467 g/mol. The van der Waals surface area contributed by atoms with E-state index >= 15 is 0 Å². The second-order valence-corrected chi connectivity index (χ2v) is 8.59. The van der Waals surface area contributed by atoms with Crippen LogP contribution in [0.1, 0.15) is 27.4 Å². The third kappa shape index (κ3) is 4.49. The molecule has 0 aliphatic rings. The highest BCUT2D eigenvalue weighted by atomic mass is 79.9. The Morgan fingerprint density at radius 3 is 2.43 bits per heavy atom. The molecular weight excluding hydrogens is 448 g/mol. The molecule has 0 radical (unpaired) electrons. The number of nitrogens with two attached hydrogens (primary N) is 1. The lowest BCUT2D eigenvalue weighted by Crippen LogP contribution is -2.24. The molecule has 9 nitrogen and oxygen atoms in total. The summed E-state index contributed by atoms with van der Waals surface area (Å²) in [5.41, 5.74) is 2.88. The van der Waals surface area contributed by atoms with Crippen LogP contribution in [0.4, 0.5) is 0 Å². The molecule has 3 aromatic rings. The molecule has 2 aromatic heterocycles. The Kier molecular flexibility index (Phi) is 5.68. The van der Waals surface area contributed by atoms with Crippen molar-refractivity contribution in [2.75, 3.05) is 0 Å². The molecule has 0 unspecified atom stereocenters. The lowest BCUT2D eigenvalue weighted by atomic mass is 10.2. The number of benzene rings is 1. The molecule has 0 bridgehead atoms. The predicted molar refractivity (Wildman–Crippen MR) is 106 cm³/mol. The lowest BCUT2D eigenvalue weighted by molar-refractivity contribution is 0.0945. The molecule has 1 aromatic carbocycles. The molecule has 0 saturated heterocycles. The Morgan fingerprint density at radius 2 is 1.86 bits per heavy atom. The van der Waals surface area contributed by atoms with Crippen molar-refractivity contribution in [3.8, 4) is 0 Å². The number of amides is 1. The number of aryl methyl sites for hydroxylation is 1. The Hall–Kier alpha value is -2.50. The summed E-state index contributed by atoms with van der Waals surface area (Å²) in [6, 6.07) is 7.62. The molecular formula is C17H19BrN6O3S. The maximum Gasteiger partial charge on any atom is 0.272 e. The van der Waals surface area contributed by atoms with Crippen LogP contribution in [0, 0.1) is 13.8 Å². The third-order valence-electron chi connectivity index (χ3n) is 4.15. The monoisotopic (exact) mass is 466 g/mol. The van der Waals surface area contributed by atoms with Gasteiger partial charge in [-0.05, 0) is 53.5 Å². The Labute approximate surface area is 170 Å². The topological polar surface area (TPSA) is 125 Å². The number of halogens is 1. The molecule has 148 valence electrons. The summed E-state index contributed by atoms with van der Waals surface area (Å²) in [5.74, 6) is -0.330. The first-order valence-electron chi connectivity index (χ1n) is 8.28. The zero-order chi connectivity index (χ0) is 20.5. The van der Waals surface area contributed by atoms with Crippen molar-refractivity contribution in [2.24, 2.45) is 5.14 Å². The third-order valence-corrected chi connectivity index (χ3v) is 6.23. The predicted octanol–water partition coefficient (Wildman–Crippen LogP) is 1.54. The number of hydrogen-bond donors (Lipinski definition) is 2. The zero-order valence-corrected chi connectivity index (χ0v) is 17.7. The lowest BCUT2D eigenvalue weighted by Gasteiger charge is -2.06. The molecule has 0 saturated carbocycles. The van der Waals surface area contributed by atoms with Gasteiger partial charge >= 0.3 is 0 Å². The average Bonchev–Trinajstić information content (AvgIpc) is 3.20. The van der Waals surface area contributed by atoms with E-state index in [0.29, 0.717) is 6.67 Å². The summed E-state index contributed by atoms with van der Waals surface area (Å²) in [6.07, 6.45) is 1.71. The SMILES string of the molecule is Cc1nn(Cn2ccc(C(=O)NCc3ccc(S(N)(=O)=O)cc3)n2)c(C)c1Br. The molecule has 1 amide bonds. The molecule has 0 spiro atoms. The van der Waals surface area contributed by atoms with Crippen LogP contribution < -0.4 is 10.5 Å². The first-order valence-corrected chi connectivity index (χ1v) is 10.6. The normalized spacial score (nSPS) is 11.6. The number of sulfonamides is 1. The van der Waals surface area contributed by atoms with Gasteiger partial charge < -0.3 is 5.32 Å². The number of rotatable bonds is 6. The van der Waals surface area contributed by atoms with Gasteiger partial charge in [0.1, 0.15) is 12.4 Å². The molecule has 0 aliphatic heterocycles. The van der Waals surface area contributed by atoms with E-state index in [1.807, 2.05) is 13.8 Å². The fraction of sp³-hybridized carbons (Fsp3) is 0.235. The first-order chi connectivity index (χ1) is 13.1. The van der Waals surface area contributed by atoms with Gasteiger partial charge in [-0.1, -0.05) is 12.1 Å². The minimum atomic E-state index is -3.73. The van der Waals surface area contributed by atoms with Gasteiger partial charge in [0.15, 0.2) is 0 Å². The first kappa shape index (κ1) is 20.2. The molecule has 28 heavy (non-hydrogen) atoms. The maximum atomic E-state index is 12.3. The summed E-state index contributed by atoms with van der Waals surface area (Å²) < 4.78 is 26.9. The van der Waals surface area contributed by atoms with Crippen LogP contribution in [0.5, 0.6) is 0 Å². The number of nitrogens with one attached hydrogen (secondary N) is 1. The summed E-state index contributed by atoms with van der Waals surface area (Å²) in [5, 5.41) is 16.5. The van der Waals surface area contributed by atoms with E-state index in [1.165, 1.54) is 12.1 Å². The second-order valence-electron chi connectivity index (χ2n) is 6.24. The van der Waals surface area contributed by atoms with Crippen molar-refractivity contribution in [1.29, 1.82) is 0 Å². The van der Waals surface area contributed by atoms with Crippen molar-refractivity contribution >= 4 is 31.9 Å². The van der Waals surface area contributed by atoms with Gasteiger partial charge in [-0.2, -0.15) is 10.2 Å². The van der Waals surface area contributed by atoms with Gasteiger partial charge in [-0.15, -0.1) is 0 Å². The van der Waals surface area contributed by atoms with E-state index in [-0.39, 0.29) is 23.0 Å². The number of aromatic nitrogens is 4. The van der Waals surface area contributed by atoms with Gasteiger partial charge in [0, 0.05) is 12.7 Å². The van der Waals surface area contributed by atoms with E-state index in [0.717, 1.165) is 21.4 Å². The van der Waals surface area contributed by atoms with Crippen molar-refractivity contribution in [3.63, 3.8) is 0 Å². The Morgan fingerprint density at radius 1 is 1.18 bits per heavy atom. The highest BCUT2D eigenvalue weighted by Crippen LogP contribution is 2.19. The van der Waals surface area contributed by atoms with Gasteiger partial charge in [0.25, 0.3) is 5.91 Å². The van der Waals surface area contributed by atoms with Crippen LogP contribution in [-0.2, 0) is 23.2 Å². The standard InChI is InChI=1S/C17H19BrN6O3S/c1-11-16(18)12(2)24(21-11)10-23-8-7-15(22-23)17(25)20-9-13-3-5-14(6-4-13)28(19,26)27/h3-8H,9-10H2,1-2H3,(H,20,25)(H2,19,26,27). The smallest absolute Gasteiger partial charge is 0.272 e. The number of nitrogens with zero attached hydrogens (tertiary/aromatic N) is 4. The summed E-state index contributed by atoms with van der Waals surface area (Å²) >= 11 is 3.48. The number of carbonyl (C=O) groups is 1. The molecule has 0 fully saturated rings. The van der Waals surface area contributed by atoms with Crippen LogP contribution in [0.15, 0.2) is 45.9 Å². The van der Waals surface area contributed by atoms with E-state index < -0.39 is 10.0 Å². The Bertz CT molecular complexity index is 1120. The van der Waals surface area contributed by atoms with Crippen LogP contribution in [0.2, 0.25) is 0 Å². The minimum absolute atomic E-state index is 0.0251. The van der Waals surface area contributed by atoms with Gasteiger partial charge in [0.2, 0.25) is 10.0 Å². The fourth-order valence-electron chi connectivity index (χ4n) is 2.58. The number of carbonyl (C=O) groups excluding carboxylic acids is 1. The van der Waals surface area contributed by atoms with Gasteiger partial charge in [0.05, 0.1) is 20.8 Å². The molecule has 0 atom stereocenters. The van der Waals surface area contributed by atoms with Crippen LogP contribution >= 0.6 is 15.9 Å². The summed E-state index contributed by atoms with van der Waals surface area (Å²) in [4.78, 5) is 12.3. The maximum absolute atomic E-state index is 12.3. The van der Waals surface area contributed by atoms with E-state index in [1.54, 1.807) is 33.8 Å². The minimum Gasteiger partial charge on any atom is -0.347 e. The van der Waals surface area contributed by atoms with Crippen LogP contribution in [0.25, 0.3) is 0 Å². The number of hydrogen-bond acceptors (Lipinski definition) is 5. The quantitative estimate of drug-likeness (QED) is 0.569. The fourth-order valence-corrected chi connectivity index (χ4v) is 3.38. The molecule has 3 N–H and O–H groups in total. The van der Waals surface area contributed by atoms with Crippen molar-refractivity contribution in [3.05, 3.63) is 63.6 Å². The highest BCUT2D eigenvalue weighted by molar-refractivity contribution is 9.10. The largest absolute Gasteiger partial charge is 0.347 e. The van der Waals surface area contributed by atoms with Crippen LogP contribution in [-0.4, -0.2) is 33.9 Å². The summed E-state index contributed by atoms with van der Waals surface area (Å²) in [6.45, 7) is 4.48. The van der Waals surface area contributed by atoms with E-state index in [9.17, 15) is 13.2 Å².